The molecular weight excluding hydrogens is 368 g/mol. The van der Waals surface area contributed by atoms with E-state index in [1.54, 1.807) is 0 Å². The number of rotatable bonds is 5. The number of hydrogen-bond acceptors (Lipinski definition) is 7. The number of cyclic esters (lactones) is 1. The second-order valence-electron chi connectivity index (χ2n) is 5.90. The number of ether oxygens (including phenoxy) is 1. The van der Waals surface area contributed by atoms with Gasteiger partial charge in [-0.1, -0.05) is 60.7 Å². The molecule has 3 rings (SSSR count). The first-order valence-corrected chi connectivity index (χ1v) is 8.31. The summed E-state index contributed by atoms with van der Waals surface area (Å²) in [5, 5.41) is 44.3. The van der Waals surface area contributed by atoms with E-state index in [1.807, 2.05) is 60.7 Å². The normalized spacial score (nSPS) is 17.0. The SMILES string of the molecule is O=C(O)C(c1ccccc1)c1ccccc1.O=C1O[C@H]([C@@H](O)CO)C(O)=C1O. The lowest BCUT2D eigenvalue weighted by Gasteiger charge is -2.13. The molecule has 148 valence electrons. The molecule has 0 spiro atoms. The van der Waals surface area contributed by atoms with Gasteiger partial charge in [0.2, 0.25) is 5.76 Å². The van der Waals surface area contributed by atoms with Crippen LogP contribution in [-0.4, -0.2) is 56.3 Å². The molecule has 0 bridgehead atoms. The fourth-order valence-electron chi connectivity index (χ4n) is 2.59. The van der Waals surface area contributed by atoms with E-state index in [2.05, 4.69) is 4.74 Å². The van der Waals surface area contributed by atoms with Gasteiger partial charge in [0.15, 0.2) is 11.9 Å². The molecule has 2 aromatic carbocycles. The Morgan fingerprint density at radius 3 is 1.75 bits per heavy atom. The van der Waals surface area contributed by atoms with Crippen LogP contribution in [0.4, 0.5) is 0 Å². The summed E-state index contributed by atoms with van der Waals surface area (Å²) in [6.45, 7) is -0.671. The van der Waals surface area contributed by atoms with Crippen molar-refractivity contribution in [3.63, 3.8) is 0 Å². The van der Waals surface area contributed by atoms with Crippen molar-refractivity contribution in [2.24, 2.45) is 0 Å². The fraction of sp³-hybridized carbons (Fsp3) is 0.200. The van der Waals surface area contributed by atoms with Gasteiger partial charge in [-0.25, -0.2) is 4.79 Å². The van der Waals surface area contributed by atoms with Crippen LogP contribution < -0.4 is 0 Å². The van der Waals surface area contributed by atoms with Crippen molar-refractivity contribution in [1.82, 2.24) is 0 Å². The van der Waals surface area contributed by atoms with Crippen LogP contribution in [0, 0.1) is 0 Å². The van der Waals surface area contributed by atoms with Crippen molar-refractivity contribution in [3.05, 3.63) is 83.3 Å². The molecule has 1 aliphatic rings. The number of carboxylic acid groups (broad SMARTS) is 1. The van der Waals surface area contributed by atoms with Crippen LogP contribution >= 0.6 is 0 Å². The lowest BCUT2D eigenvalue weighted by atomic mass is 9.92. The fourth-order valence-corrected chi connectivity index (χ4v) is 2.59. The molecular formula is C20H20O8. The highest BCUT2D eigenvalue weighted by atomic mass is 16.6. The number of aliphatic carboxylic acids is 1. The molecule has 0 unspecified atom stereocenters. The molecule has 0 aliphatic carbocycles. The van der Waals surface area contributed by atoms with E-state index in [-0.39, 0.29) is 0 Å². The van der Waals surface area contributed by atoms with Crippen molar-refractivity contribution in [1.29, 1.82) is 0 Å². The van der Waals surface area contributed by atoms with Crippen molar-refractivity contribution >= 4 is 11.9 Å². The zero-order chi connectivity index (χ0) is 20.7. The molecule has 28 heavy (non-hydrogen) atoms. The third kappa shape index (κ3) is 4.87. The second kappa shape index (κ2) is 9.54. The number of carbonyl (C=O) groups excluding carboxylic acids is 1. The Balaban J connectivity index is 0.000000209. The number of hydrogen-bond donors (Lipinski definition) is 5. The number of aliphatic hydroxyl groups excluding tert-OH is 4. The number of benzene rings is 2. The molecule has 2 atom stereocenters. The lowest BCUT2D eigenvalue weighted by molar-refractivity contribution is -0.147. The number of esters is 1. The van der Waals surface area contributed by atoms with Gasteiger partial charge in [0.05, 0.1) is 6.61 Å². The minimum Gasteiger partial charge on any atom is -0.505 e. The minimum absolute atomic E-state index is 0.581. The summed E-state index contributed by atoms with van der Waals surface area (Å²) in [7, 11) is 0. The first-order valence-electron chi connectivity index (χ1n) is 8.31. The Hall–Kier alpha value is -3.36. The zero-order valence-electron chi connectivity index (χ0n) is 14.7. The Morgan fingerprint density at radius 1 is 0.964 bits per heavy atom. The van der Waals surface area contributed by atoms with Gasteiger partial charge in [0, 0.05) is 0 Å². The Labute approximate surface area is 160 Å². The third-order valence-electron chi connectivity index (χ3n) is 3.99. The molecule has 0 amide bonds. The molecule has 5 N–H and O–H groups in total. The first kappa shape index (κ1) is 20.9. The second-order valence-corrected chi connectivity index (χ2v) is 5.90. The number of carboxylic acids is 1. The van der Waals surface area contributed by atoms with Gasteiger partial charge in [0.25, 0.3) is 0 Å². The summed E-state index contributed by atoms with van der Waals surface area (Å²) in [4.78, 5) is 21.8. The smallest absolute Gasteiger partial charge is 0.377 e. The predicted molar refractivity (Wildman–Crippen MR) is 97.6 cm³/mol. The summed E-state index contributed by atoms with van der Waals surface area (Å²) < 4.78 is 4.32. The van der Waals surface area contributed by atoms with Gasteiger partial charge in [-0.2, -0.15) is 0 Å². The number of carbonyl (C=O) groups is 2. The van der Waals surface area contributed by atoms with Crippen LogP contribution in [0.15, 0.2) is 72.2 Å². The molecule has 8 heteroatoms. The van der Waals surface area contributed by atoms with Crippen LogP contribution in [0.2, 0.25) is 0 Å². The van der Waals surface area contributed by atoms with Gasteiger partial charge in [0.1, 0.15) is 12.0 Å². The molecule has 0 radical (unpaired) electrons. The van der Waals surface area contributed by atoms with Gasteiger partial charge in [-0.05, 0) is 11.1 Å². The average molecular weight is 388 g/mol. The summed E-state index contributed by atoms with van der Waals surface area (Å²) in [5.41, 5.74) is 1.61. The van der Waals surface area contributed by atoms with Gasteiger partial charge in [-0.3, -0.25) is 4.79 Å². The van der Waals surface area contributed by atoms with E-state index in [9.17, 15) is 14.7 Å². The third-order valence-corrected chi connectivity index (χ3v) is 3.99. The van der Waals surface area contributed by atoms with Crippen molar-refractivity contribution in [2.45, 2.75) is 18.1 Å². The maximum absolute atomic E-state index is 11.3. The molecule has 0 saturated heterocycles. The summed E-state index contributed by atoms with van der Waals surface area (Å²) in [6.07, 6.45) is -2.78. The average Bonchev–Trinajstić information content (AvgIpc) is 2.97. The van der Waals surface area contributed by atoms with Gasteiger partial charge in [-0.15, -0.1) is 0 Å². The Kier molecular flexibility index (Phi) is 7.14. The van der Waals surface area contributed by atoms with Crippen molar-refractivity contribution < 1.29 is 39.9 Å². The molecule has 0 saturated carbocycles. The van der Waals surface area contributed by atoms with E-state index in [4.69, 9.17) is 20.4 Å². The maximum Gasteiger partial charge on any atom is 0.377 e. The molecule has 1 aliphatic heterocycles. The molecule has 8 nitrogen and oxygen atoms in total. The molecule has 1 heterocycles. The van der Waals surface area contributed by atoms with Crippen molar-refractivity contribution in [3.8, 4) is 0 Å². The Morgan fingerprint density at radius 2 is 1.43 bits per heavy atom. The highest BCUT2D eigenvalue weighted by Gasteiger charge is 2.38. The molecule has 0 aromatic heterocycles. The van der Waals surface area contributed by atoms with Crippen LogP contribution in [0.5, 0.6) is 0 Å². The topological polar surface area (TPSA) is 145 Å². The lowest BCUT2D eigenvalue weighted by Crippen LogP contribution is -2.31. The molecule has 2 aromatic rings. The summed E-state index contributed by atoms with van der Waals surface area (Å²) in [6, 6.07) is 18.5. The predicted octanol–water partition coefficient (Wildman–Crippen LogP) is 1.50. The highest BCUT2D eigenvalue weighted by Crippen LogP contribution is 2.24. The van der Waals surface area contributed by atoms with E-state index in [0.717, 1.165) is 11.1 Å². The van der Waals surface area contributed by atoms with Gasteiger partial charge < -0.3 is 30.3 Å². The van der Waals surface area contributed by atoms with Crippen LogP contribution in [0.25, 0.3) is 0 Å². The standard InChI is InChI=1S/C14H12O2.C6H8O6/c15-14(16)13(11-7-3-1-4-8-11)12-9-5-2-6-10-12;7-1-2(8)5-3(9)4(10)6(11)12-5/h1-10,13H,(H,15,16);2,5,7-10H,1H2/t;2-,5+/m.0/s1. The first-order chi connectivity index (χ1) is 13.4. The zero-order valence-corrected chi connectivity index (χ0v) is 14.7. The van der Waals surface area contributed by atoms with Crippen LogP contribution in [0.3, 0.4) is 0 Å². The highest BCUT2D eigenvalue weighted by molar-refractivity contribution is 5.89. The van der Waals surface area contributed by atoms with Gasteiger partial charge >= 0.3 is 11.9 Å². The summed E-state index contributed by atoms with van der Waals surface area (Å²) in [5.74, 6) is -4.18. The van der Waals surface area contributed by atoms with Crippen molar-refractivity contribution in [2.75, 3.05) is 6.61 Å². The maximum atomic E-state index is 11.3. The van der Waals surface area contributed by atoms with Crippen LogP contribution in [-0.2, 0) is 14.3 Å². The monoisotopic (exact) mass is 388 g/mol. The molecule has 0 fully saturated rings. The Bertz CT molecular complexity index is 792. The van der Waals surface area contributed by atoms with E-state index < -0.39 is 48.2 Å². The minimum atomic E-state index is -1.42. The van der Waals surface area contributed by atoms with Crippen LogP contribution in [0.1, 0.15) is 17.0 Å². The van der Waals surface area contributed by atoms with E-state index in [1.165, 1.54) is 0 Å². The van der Waals surface area contributed by atoms with E-state index in [0.29, 0.717) is 0 Å². The van der Waals surface area contributed by atoms with E-state index >= 15 is 0 Å². The quantitative estimate of drug-likeness (QED) is 0.485. The number of aliphatic hydroxyl groups is 4. The summed E-state index contributed by atoms with van der Waals surface area (Å²) >= 11 is 0. The largest absolute Gasteiger partial charge is 0.505 e.